The SMILES string of the molecule is Cc1ccc(S(=O)(=O)N[C@@H](Cc2ccc3ccccc3n2)C(=O)O)cc1. The fourth-order valence-electron chi connectivity index (χ4n) is 2.58. The summed E-state index contributed by atoms with van der Waals surface area (Å²) in [5.74, 6) is -1.25. The molecule has 2 aromatic carbocycles. The van der Waals surface area contributed by atoms with Crippen LogP contribution in [0.1, 0.15) is 11.3 Å². The highest BCUT2D eigenvalue weighted by Gasteiger charge is 2.26. The lowest BCUT2D eigenvalue weighted by Crippen LogP contribution is -2.42. The van der Waals surface area contributed by atoms with E-state index in [2.05, 4.69) is 9.71 Å². The molecule has 1 aromatic heterocycles. The van der Waals surface area contributed by atoms with Crippen molar-refractivity contribution >= 4 is 26.9 Å². The van der Waals surface area contributed by atoms with Gasteiger partial charge in [0.05, 0.1) is 10.4 Å². The van der Waals surface area contributed by atoms with Crippen molar-refractivity contribution in [2.75, 3.05) is 0 Å². The Labute approximate surface area is 151 Å². The normalized spacial score (nSPS) is 12.8. The number of carboxylic acid groups (broad SMARTS) is 1. The van der Waals surface area contributed by atoms with E-state index in [9.17, 15) is 18.3 Å². The molecule has 0 aliphatic carbocycles. The van der Waals surface area contributed by atoms with Crippen molar-refractivity contribution in [3.05, 3.63) is 71.9 Å². The molecule has 0 saturated heterocycles. The lowest BCUT2D eigenvalue weighted by atomic mass is 10.1. The second-order valence-corrected chi connectivity index (χ2v) is 7.74. The van der Waals surface area contributed by atoms with Crippen molar-refractivity contribution in [1.29, 1.82) is 0 Å². The van der Waals surface area contributed by atoms with E-state index in [4.69, 9.17) is 0 Å². The largest absolute Gasteiger partial charge is 0.480 e. The molecule has 6 nitrogen and oxygen atoms in total. The third kappa shape index (κ3) is 4.07. The lowest BCUT2D eigenvalue weighted by Gasteiger charge is -2.15. The summed E-state index contributed by atoms with van der Waals surface area (Å²) in [6, 6.07) is 15.9. The zero-order chi connectivity index (χ0) is 18.7. The number of sulfonamides is 1. The molecule has 0 aliphatic rings. The van der Waals surface area contributed by atoms with Crippen LogP contribution in [0, 0.1) is 6.92 Å². The van der Waals surface area contributed by atoms with Gasteiger partial charge >= 0.3 is 5.97 Å². The number of aromatic nitrogens is 1. The topological polar surface area (TPSA) is 96.4 Å². The number of fused-ring (bicyclic) bond motifs is 1. The average Bonchev–Trinajstić information content (AvgIpc) is 2.61. The van der Waals surface area contributed by atoms with Gasteiger partial charge in [-0.25, -0.2) is 8.42 Å². The number of hydrogen-bond donors (Lipinski definition) is 2. The van der Waals surface area contributed by atoms with Crippen LogP contribution >= 0.6 is 0 Å². The number of hydrogen-bond acceptors (Lipinski definition) is 4. The second kappa shape index (κ2) is 7.23. The van der Waals surface area contributed by atoms with Crippen molar-refractivity contribution in [3.8, 4) is 0 Å². The lowest BCUT2D eigenvalue weighted by molar-refractivity contribution is -0.138. The zero-order valence-corrected chi connectivity index (χ0v) is 14.9. The van der Waals surface area contributed by atoms with E-state index in [1.165, 1.54) is 12.1 Å². The maximum Gasteiger partial charge on any atom is 0.322 e. The van der Waals surface area contributed by atoms with Gasteiger partial charge in [0.25, 0.3) is 0 Å². The van der Waals surface area contributed by atoms with Crippen molar-refractivity contribution < 1.29 is 18.3 Å². The minimum absolute atomic E-state index is 0.0285. The van der Waals surface area contributed by atoms with Crippen LogP contribution in [0.2, 0.25) is 0 Å². The van der Waals surface area contributed by atoms with Gasteiger partial charge in [-0.2, -0.15) is 4.72 Å². The number of aliphatic carboxylic acids is 1. The van der Waals surface area contributed by atoms with Crippen LogP contribution in [0.25, 0.3) is 10.9 Å². The first-order chi connectivity index (χ1) is 12.3. The molecule has 0 aliphatic heterocycles. The predicted molar refractivity (Wildman–Crippen MR) is 98.4 cm³/mol. The Morgan fingerprint density at radius 1 is 1.08 bits per heavy atom. The molecule has 0 saturated carbocycles. The first-order valence-corrected chi connectivity index (χ1v) is 9.50. The van der Waals surface area contributed by atoms with E-state index in [0.717, 1.165) is 16.5 Å². The van der Waals surface area contributed by atoms with Gasteiger partial charge in [0.1, 0.15) is 6.04 Å². The summed E-state index contributed by atoms with van der Waals surface area (Å²) in [4.78, 5) is 16.0. The number of rotatable bonds is 6. The van der Waals surface area contributed by atoms with Crippen LogP contribution in [-0.2, 0) is 21.2 Å². The van der Waals surface area contributed by atoms with Gasteiger partial charge in [0, 0.05) is 17.5 Å². The molecule has 3 aromatic rings. The second-order valence-electron chi connectivity index (χ2n) is 6.02. The number of aryl methyl sites for hydroxylation is 1. The number of carbonyl (C=O) groups is 1. The number of benzene rings is 2. The summed E-state index contributed by atoms with van der Waals surface area (Å²) in [5.41, 5.74) is 2.15. The van der Waals surface area contributed by atoms with Crippen LogP contribution in [-0.4, -0.2) is 30.5 Å². The molecule has 0 amide bonds. The molecule has 0 unspecified atom stereocenters. The molecule has 3 rings (SSSR count). The van der Waals surface area contributed by atoms with Crippen molar-refractivity contribution in [1.82, 2.24) is 9.71 Å². The Balaban J connectivity index is 1.84. The smallest absolute Gasteiger partial charge is 0.322 e. The molecule has 1 atom stereocenters. The first-order valence-electron chi connectivity index (χ1n) is 8.02. The molecule has 26 heavy (non-hydrogen) atoms. The molecule has 0 fully saturated rings. The third-order valence-corrected chi connectivity index (χ3v) is 5.48. The highest BCUT2D eigenvalue weighted by molar-refractivity contribution is 7.89. The highest BCUT2D eigenvalue weighted by atomic mass is 32.2. The zero-order valence-electron chi connectivity index (χ0n) is 14.1. The van der Waals surface area contributed by atoms with Crippen LogP contribution in [0.5, 0.6) is 0 Å². The summed E-state index contributed by atoms with van der Waals surface area (Å²) in [7, 11) is -3.94. The van der Waals surface area contributed by atoms with Gasteiger partial charge < -0.3 is 5.11 Å². The quantitative estimate of drug-likeness (QED) is 0.695. The molecule has 0 bridgehead atoms. The minimum atomic E-state index is -3.94. The van der Waals surface area contributed by atoms with Crippen LogP contribution in [0.4, 0.5) is 0 Å². The predicted octanol–water partition coefficient (Wildman–Crippen LogP) is 2.52. The van der Waals surface area contributed by atoms with Gasteiger partial charge in [-0.05, 0) is 31.2 Å². The Bertz CT molecular complexity index is 1050. The number of nitrogens with zero attached hydrogens (tertiary/aromatic N) is 1. The maximum atomic E-state index is 12.5. The summed E-state index contributed by atoms with van der Waals surface area (Å²) in [6.45, 7) is 1.84. The van der Waals surface area contributed by atoms with Crippen molar-refractivity contribution in [2.24, 2.45) is 0 Å². The van der Waals surface area contributed by atoms with E-state index < -0.39 is 22.0 Å². The van der Waals surface area contributed by atoms with E-state index in [0.29, 0.717) is 5.69 Å². The summed E-state index contributed by atoms with van der Waals surface area (Å²) >= 11 is 0. The molecule has 1 heterocycles. The van der Waals surface area contributed by atoms with E-state index in [1.54, 1.807) is 18.2 Å². The number of para-hydroxylation sites is 1. The summed E-state index contributed by atoms with van der Waals surface area (Å²) in [5, 5.41) is 10.4. The minimum Gasteiger partial charge on any atom is -0.480 e. The number of nitrogens with one attached hydrogen (secondary N) is 1. The standard InChI is InChI=1S/C19H18N2O4S/c1-13-6-10-16(11-7-13)26(24,25)21-18(19(22)23)12-15-9-8-14-4-2-3-5-17(14)20-15/h2-11,18,21H,12H2,1H3,(H,22,23)/t18-/m0/s1. The fraction of sp³-hybridized carbons (Fsp3) is 0.158. The van der Waals surface area contributed by atoms with E-state index >= 15 is 0 Å². The fourth-order valence-corrected chi connectivity index (χ4v) is 3.77. The Morgan fingerprint density at radius 3 is 2.46 bits per heavy atom. The molecule has 2 N–H and O–H groups in total. The van der Waals surface area contributed by atoms with Crippen molar-refractivity contribution in [2.45, 2.75) is 24.3 Å². The van der Waals surface area contributed by atoms with Gasteiger partial charge in [0.15, 0.2) is 0 Å². The van der Waals surface area contributed by atoms with Gasteiger partial charge in [0.2, 0.25) is 10.0 Å². The van der Waals surface area contributed by atoms with Crippen LogP contribution < -0.4 is 4.72 Å². The average molecular weight is 370 g/mol. The van der Waals surface area contributed by atoms with Crippen LogP contribution in [0.15, 0.2) is 65.6 Å². The van der Waals surface area contributed by atoms with Gasteiger partial charge in [-0.3, -0.25) is 9.78 Å². The number of carboxylic acids is 1. The monoisotopic (exact) mass is 370 g/mol. The van der Waals surface area contributed by atoms with Crippen LogP contribution in [0.3, 0.4) is 0 Å². The Kier molecular flexibility index (Phi) is 5.01. The highest BCUT2D eigenvalue weighted by Crippen LogP contribution is 2.15. The summed E-state index contributed by atoms with van der Waals surface area (Å²) in [6.07, 6.45) is -0.0503. The molecule has 134 valence electrons. The number of pyridine rings is 1. The first kappa shape index (κ1) is 18.0. The molecular formula is C19H18N2O4S. The van der Waals surface area contributed by atoms with Crippen molar-refractivity contribution in [3.63, 3.8) is 0 Å². The maximum absolute atomic E-state index is 12.5. The van der Waals surface area contributed by atoms with E-state index in [1.807, 2.05) is 37.3 Å². The van der Waals surface area contributed by atoms with Gasteiger partial charge in [-0.15, -0.1) is 0 Å². The Morgan fingerprint density at radius 2 is 1.77 bits per heavy atom. The molecular weight excluding hydrogens is 352 g/mol. The molecule has 0 spiro atoms. The summed E-state index contributed by atoms with van der Waals surface area (Å²) < 4.78 is 27.2. The molecule has 7 heteroatoms. The molecule has 0 radical (unpaired) electrons. The Hall–Kier alpha value is -2.77. The third-order valence-electron chi connectivity index (χ3n) is 4.00. The van der Waals surface area contributed by atoms with Gasteiger partial charge in [-0.1, -0.05) is 42.0 Å². The van der Waals surface area contributed by atoms with E-state index in [-0.39, 0.29) is 11.3 Å².